The molecule has 6 heteroatoms. The van der Waals surface area contributed by atoms with E-state index in [9.17, 15) is 4.79 Å². The van der Waals surface area contributed by atoms with E-state index >= 15 is 0 Å². The summed E-state index contributed by atoms with van der Waals surface area (Å²) in [6.45, 7) is 0.534. The highest BCUT2D eigenvalue weighted by Crippen LogP contribution is 2.25. The number of nitrogens with zero attached hydrogens (tertiary/aromatic N) is 1. The molecule has 0 aliphatic carbocycles. The number of hydrogen-bond donors (Lipinski definition) is 1. The molecular weight excluding hydrogens is 312 g/mol. The largest absolute Gasteiger partial charge is 0.497 e. The number of amides is 1. The van der Waals surface area contributed by atoms with Crippen molar-refractivity contribution in [1.29, 1.82) is 0 Å². The first kappa shape index (κ1) is 15.3. The Hall–Kier alpha value is -2.60. The Kier molecular flexibility index (Phi) is 4.73. The zero-order valence-electron chi connectivity index (χ0n) is 12.6. The highest BCUT2D eigenvalue weighted by atomic mass is 32.1. The molecule has 0 saturated heterocycles. The summed E-state index contributed by atoms with van der Waals surface area (Å²) in [7, 11) is 1.64. The third-order valence-corrected chi connectivity index (χ3v) is 4.25. The van der Waals surface area contributed by atoms with Crippen molar-refractivity contribution in [3.8, 4) is 16.4 Å². The Bertz CT molecular complexity index is 764. The van der Waals surface area contributed by atoms with Gasteiger partial charge in [0.15, 0.2) is 11.5 Å². The quantitative estimate of drug-likeness (QED) is 0.753. The molecule has 0 saturated carbocycles. The maximum atomic E-state index is 12.1. The summed E-state index contributed by atoms with van der Waals surface area (Å²) in [4.78, 5) is 13.0. The van der Waals surface area contributed by atoms with Crippen LogP contribution in [0.5, 0.6) is 5.75 Å². The van der Waals surface area contributed by atoms with Crippen LogP contribution in [0.25, 0.3) is 10.6 Å². The summed E-state index contributed by atoms with van der Waals surface area (Å²) in [6, 6.07) is 13.3. The fourth-order valence-electron chi connectivity index (χ4n) is 2.12. The zero-order valence-corrected chi connectivity index (χ0v) is 13.4. The minimum atomic E-state index is -0.231. The summed E-state index contributed by atoms with van der Waals surface area (Å²) in [5.41, 5.74) is 1.42. The van der Waals surface area contributed by atoms with E-state index < -0.39 is 0 Å². The van der Waals surface area contributed by atoms with Crippen LogP contribution >= 0.6 is 11.3 Å². The molecule has 3 rings (SSSR count). The molecule has 0 spiro atoms. The lowest BCUT2D eigenvalue weighted by molar-refractivity contribution is 0.0945. The second-order valence-electron chi connectivity index (χ2n) is 4.91. The second kappa shape index (κ2) is 7.11. The summed E-state index contributed by atoms with van der Waals surface area (Å²) in [5, 5.41) is 8.62. The van der Waals surface area contributed by atoms with E-state index in [1.54, 1.807) is 24.5 Å². The minimum absolute atomic E-state index is 0.231. The first-order valence-electron chi connectivity index (χ1n) is 7.18. The summed E-state index contributed by atoms with van der Waals surface area (Å²) < 4.78 is 10.3. The molecule has 0 aliphatic heterocycles. The summed E-state index contributed by atoms with van der Waals surface area (Å²) in [5.74, 6) is 1.20. The Morgan fingerprint density at radius 2 is 2.13 bits per heavy atom. The van der Waals surface area contributed by atoms with Gasteiger partial charge in [-0.2, -0.15) is 0 Å². The van der Waals surface area contributed by atoms with Gasteiger partial charge in [0.2, 0.25) is 0 Å². The van der Waals surface area contributed by atoms with Gasteiger partial charge in [-0.05, 0) is 35.6 Å². The lowest BCUT2D eigenvalue weighted by atomic mass is 10.1. The van der Waals surface area contributed by atoms with Gasteiger partial charge < -0.3 is 14.6 Å². The molecule has 0 atom stereocenters. The number of thiophene rings is 1. The number of ether oxygens (including phenoxy) is 1. The van der Waals surface area contributed by atoms with Crippen molar-refractivity contribution in [3.63, 3.8) is 0 Å². The third kappa shape index (κ3) is 3.78. The monoisotopic (exact) mass is 328 g/mol. The number of hydrogen-bond acceptors (Lipinski definition) is 5. The minimum Gasteiger partial charge on any atom is -0.497 e. The maximum Gasteiger partial charge on any atom is 0.273 e. The fraction of sp³-hybridized carbons (Fsp3) is 0.176. The zero-order chi connectivity index (χ0) is 16.1. The van der Waals surface area contributed by atoms with Crippen LogP contribution in [0.1, 0.15) is 16.1 Å². The number of carbonyl (C=O) groups excluding carboxylic acids is 1. The van der Waals surface area contributed by atoms with Gasteiger partial charge in [-0.25, -0.2) is 0 Å². The van der Waals surface area contributed by atoms with Crippen molar-refractivity contribution >= 4 is 17.2 Å². The maximum absolute atomic E-state index is 12.1. The lowest BCUT2D eigenvalue weighted by Gasteiger charge is -2.04. The molecule has 2 heterocycles. The standard InChI is InChI=1S/C17H16N2O3S/c1-21-13-6-4-12(5-7-13)8-9-18-17(20)14-11-15(22-19-14)16-3-2-10-23-16/h2-7,10-11H,8-9H2,1H3,(H,18,20). The van der Waals surface area contributed by atoms with Gasteiger partial charge in [0.25, 0.3) is 5.91 Å². The van der Waals surface area contributed by atoms with Crippen molar-refractivity contribution in [2.45, 2.75) is 6.42 Å². The van der Waals surface area contributed by atoms with E-state index in [-0.39, 0.29) is 5.91 Å². The van der Waals surface area contributed by atoms with Crippen LogP contribution in [-0.4, -0.2) is 24.7 Å². The van der Waals surface area contributed by atoms with E-state index in [1.807, 2.05) is 41.8 Å². The number of benzene rings is 1. The number of carbonyl (C=O) groups is 1. The molecule has 0 bridgehead atoms. The van der Waals surface area contributed by atoms with E-state index in [0.717, 1.165) is 22.6 Å². The van der Waals surface area contributed by atoms with Crippen LogP contribution in [0.15, 0.2) is 52.4 Å². The first-order chi connectivity index (χ1) is 11.3. The van der Waals surface area contributed by atoms with Crippen LogP contribution < -0.4 is 10.1 Å². The van der Waals surface area contributed by atoms with E-state index in [4.69, 9.17) is 9.26 Å². The molecule has 0 radical (unpaired) electrons. The second-order valence-corrected chi connectivity index (χ2v) is 5.86. The van der Waals surface area contributed by atoms with Crippen molar-refractivity contribution in [1.82, 2.24) is 10.5 Å². The summed E-state index contributed by atoms with van der Waals surface area (Å²) >= 11 is 1.54. The van der Waals surface area contributed by atoms with Gasteiger partial charge in [0.05, 0.1) is 12.0 Å². The topological polar surface area (TPSA) is 64.4 Å². The smallest absolute Gasteiger partial charge is 0.273 e. The molecule has 1 N–H and O–H groups in total. The van der Waals surface area contributed by atoms with Gasteiger partial charge in [-0.15, -0.1) is 11.3 Å². The highest BCUT2D eigenvalue weighted by Gasteiger charge is 2.13. The Balaban J connectivity index is 1.53. The molecule has 23 heavy (non-hydrogen) atoms. The number of aromatic nitrogens is 1. The van der Waals surface area contributed by atoms with Crippen molar-refractivity contribution in [2.24, 2.45) is 0 Å². The normalized spacial score (nSPS) is 10.5. The van der Waals surface area contributed by atoms with Crippen LogP contribution in [-0.2, 0) is 6.42 Å². The van der Waals surface area contributed by atoms with Gasteiger partial charge in [0.1, 0.15) is 5.75 Å². The molecular formula is C17H16N2O3S. The molecule has 118 valence electrons. The highest BCUT2D eigenvalue weighted by molar-refractivity contribution is 7.13. The number of rotatable bonds is 6. The van der Waals surface area contributed by atoms with Crippen LogP contribution in [0.2, 0.25) is 0 Å². The van der Waals surface area contributed by atoms with E-state index in [0.29, 0.717) is 18.0 Å². The van der Waals surface area contributed by atoms with Gasteiger partial charge in [0, 0.05) is 12.6 Å². The van der Waals surface area contributed by atoms with Gasteiger partial charge in [-0.1, -0.05) is 23.4 Å². The molecule has 0 fully saturated rings. The molecule has 0 unspecified atom stereocenters. The molecule has 1 amide bonds. The predicted octanol–water partition coefficient (Wildman–Crippen LogP) is 3.38. The Morgan fingerprint density at radius 1 is 1.30 bits per heavy atom. The molecule has 5 nitrogen and oxygen atoms in total. The van der Waals surface area contributed by atoms with Crippen LogP contribution in [0, 0.1) is 0 Å². The van der Waals surface area contributed by atoms with Crippen molar-refractivity contribution < 1.29 is 14.1 Å². The third-order valence-electron chi connectivity index (χ3n) is 3.37. The summed E-state index contributed by atoms with van der Waals surface area (Å²) in [6.07, 6.45) is 0.741. The van der Waals surface area contributed by atoms with Crippen LogP contribution in [0.4, 0.5) is 0 Å². The lowest BCUT2D eigenvalue weighted by Crippen LogP contribution is -2.25. The average Bonchev–Trinajstić information content (AvgIpc) is 3.26. The van der Waals surface area contributed by atoms with E-state index in [2.05, 4.69) is 10.5 Å². The SMILES string of the molecule is COc1ccc(CCNC(=O)c2cc(-c3cccs3)on2)cc1. The average molecular weight is 328 g/mol. The molecule has 3 aromatic rings. The Labute approximate surface area is 137 Å². The Morgan fingerprint density at radius 3 is 2.83 bits per heavy atom. The molecule has 2 aromatic heterocycles. The van der Waals surface area contributed by atoms with Crippen molar-refractivity contribution in [3.05, 3.63) is 59.1 Å². The van der Waals surface area contributed by atoms with Crippen molar-refractivity contribution in [2.75, 3.05) is 13.7 Å². The van der Waals surface area contributed by atoms with E-state index in [1.165, 1.54) is 0 Å². The molecule has 0 aliphatic rings. The van der Waals surface area contributed by atoms with Gasteiger partial charge >= 0.3 is 0 Å². The predicted molar refractivity (Wildman–Crippen MR) is 88.8 cm³/mol. The first-order valence-corrected chi connectivity index (χ1v) is 8.06. The number of methoxy groups -OCH3 is 1. The molecule has 1 aromatic carbocycles. The fourth-order valence-corrected chi connectivity index (χ4v) is 2.79. The van der Waals surface area contributed by atoms with Crippen LogP contribution in [0.3, 0.4) is 0 Å². The van der Waals surface area contributed by atoms with Gasteiger partial charge in [-0.3, -0.25) is 4.79 Å². The number of nitrogens with one attached hydrogen (secondary N) is 1.